The molecule has 4 aliphatic rings. The average Bonchev–Trinajstić information content (AvgIpc) is 3.74. The van der Waals surface area contributed by atoms with Crippen LogP contribution in [0.4, 0.5) is 4.39 Å². The van der Waals surface area contributed by atoms with Crippen molar-refractivity contribution in [2.45, 2.75) is 43.8 Å². The van der Waals surface area contributed by atoms with Gasteiger partial charge in [-0.2, -0.15) is 5.10 Å². The van der Waals surface area contributed by atoms with Gasteiger partial charge in [0.15, 0.2) is 0 Å². The van der Waals surface area contributed by atoms with E-state index in [0.29, 0.717) is 24.9 Å². The van der Waals surface area contributed by atoms with Gasteiger partial charge in [-0.1, -0.05) is 31.2 Å². The predicted molar refractivity (Wildman–Crippen MR) is 139 cm³/mol. The summed E-state index contributed by atoms with van der Waals surface area (Å²) in [6.45, 7) is 5.64. The Morgan fingerprint density at radius 3 is 2.58 bits per heavy atom. The van der Waals surface area contributed by atoms with Gasteiger partial charge in [-0.25, -0.2) is 21.8 Å². The number of aryl methyl sites for hydroxylation is 1. The topological polar surface area (TPSA) is 55.2 Å². The summed E-state index contributed by atoms with van der Waals surface area (Å²) in [6, 6.07) is 10.8. The third-order valence-corrected chi connectivity index (χ3v) is 11.4. The van der Waals surface area contributed by atoms with Crippen molar-refractivity contribution < 1.29 is 12.8 Å². The molecule has 0 bridgehead atoms. The Bertz CT molecular complexity index is 1550. The zero-order chi connectivity index (χ0) is 24.9. The van der Waals surface area contributed by atoms with Crippen molar-refractivity contribution in [2.24, 2.45) is 17.3 Å². The zero-order valence-electron chi connectivity index (χ0n) is 20.6. The number of rotatable bonds is 5. The lowest BCUT2D eigenvalue weighted by Crippen LogP contribution is -2.39. The van der Waals surface area contributed by atoms with Gasteiger partial charge in [-0.3, -0.25) is 0 Å². The van der Waals surface area contributed by atoms with Crippen LogP contribution in [0.25, 0.3) is 16.6 Å². The molecule has 0 spiro atoms. The van der Waals surface area contributed by atoms with E-state index in [0.717, 1.165) is 41.4 Å². The molecule has 1 aliphatic heterocycles. The first-order chi connectivity index (χ1) is 17.2. The number of fused-ring (bicyclic) bond motifs is 2. The molecule has 2 heterocycles. The lowest BCUT2D eigenvalue weighted by molar-refractivity contribution is 0.275. The molecule has 0 amide bonds. The fraction of sp³-hybridized carbons (Fsp3) is 0.414. The SMILES string of the molecule is Cc1cc2c(cnn2-c2ccc(F)cc2)cc1[C@]12CN(S(=O)(=O)C3CC3)C[C@H]1[C@@H]2C1(C)C=CC=CC1. The Morgan fingerprint density at radius 2 is 1.89 bits per heavy atom. The Kier molecular flexibility index (Phi) is 4.60. The molecule has 3 aromatic rings. The molecule has 5 nitrogen and oxygen atoms in total. The third-order valence-electron chi connectivity index (χ3n) is 9.13. The molecule has 0 radical (unpaired) electrons. The van der Waals surface area contributed by atoms with E-state index in [1.165, 1.54) is 17.7 Å². The number of nitrogens with zero attached hydrogens (tertiary/aromatic N) is 3. The average molecular weight is 504 g/mol. The van der Waals surface area contributed by atoms with Crippen molar-refractivity contribution in [3.05, 3.63) is 83.8 Å². The molecular formula is C29H30FN3O2S. The van der Waals surface area contributed by atoms with E-state index >= 15 is 0 Å². The van der Waals surface area contributed by atoms with E-state index < -0.39 is 10.0 Å². The molecule has 7 rings (SSSR count). The van der Waals surface area contributed by atoms with Crippen molar-refractivity contribution in [2.75, 3.05) is 13.1 Å². The maximum atomic E-state index is 13.5. The lowest BCUT2D eigenvalue weighted by atomic mass is 9.73. The van der Waals surface area contributed by atoms with Crippen molar-refractivity contribution >= 4 is 20.9 Å². The summed E-state index contributed by atoms with van der Waals surface area (Å²) in [5, 5.41) is 5.45. The van der Waals surface area contributed by atoms with Crippen LogP contribution in [-0.4, -0.2) is 40.8 Å². The van der Waals surface area contributed by atoms with E-state index in [1.807, 2.05) is 10.9 Å². The van der Waals surface area contributed by atoms with Crippen molar-refractivity contribution in [3.8, 4) is 5.69 Å². The molecule has 36 heavy (non-hydrogen) atoms. The first-order valence-electron chi connectivity index (χ1n) is 12.8. The van der Waals surface area contributed by atoms with Crippen LogP contribution in [0, 0.1) is 30.0 Å². The van der Waals surface area contributed by atoms with Crippen molar-refractivity contribution in [1.29, 1.82) is 0 Å². The minimum Gasteiger partial charge on any atom is -0.233 e. The van der Waals surface area contributed by atoms with Crippen LogP contribution < -0.4 is 0 Å². The Hall–Kier alpha value is -2.77. The summed E-state index contributed by atoms with van der Waals surface area (Å²) >= 11 is 0. The molecular weight excluding hydrogens is 473 g/mol. The summed E-state index contributed by atoms with van der Waals surface area (Å²) < 4.78 is 43.6. The molecule has 3 aliphatic carbocycles. The zero-order valence-corrected chi connectivity index (χ0v) is 21.4. The van der Waals surface area contributed by atoms with Crippen LogP contribution >= 0.6 is 0 Å². The number of sulfonamides is 1. The lowest BCUT2D eigenvalue weighted by Gasteiger charge is -2.34. The molecule has 4 atom stereocenters. The standard InChI is InChI=1S/C29H30FN3O2S/c1-19-14-26-20(16-31-33(26)22-8-6-21(30)7-9-22)15-24(19)29-18-32(36(34,35)23-10-11-23)17-25(29)27(29)28(2)12-4-3-5-13-28/h3-9,12,14-16,23,25,27H,10-11,13,17-18H2,1-2H3/t25-,27+,28?,29+/m0/s1. The van der Waals surface area contributed by atoms with Crippen molar-refractivity contribution in [3.63, 3.8) is 0 Å². The Labute approximate surface area is 211 Å². The van der Waals surface area contributed by atoms with Gasteiger partial charge >= 0.3 is 0 Å². The molecule has 3 fully saturated rings. The number of halogens is 1. The maximum Gasteiger partial charge on any atom is 0.217 e. The summed E-state index contributed by atoms with van der Waals surface area (Å²) in [5.74, 6) is 0.418. The number of hydrogen-bond acceptors (Lipinski definition) is 3. The van der Waals surface area contributed by atoms with Gasteiger partial charge in [0.05, 0.1) is 22.7 Å². The highest BCUT2D eigenvalue weighted by Crippen LogP contribution is 2.72. The van der Waals surface area contributed by atoms with Gasteiger partial charge < -0.3 is 0 Å². The summed E-state index contributed by atoms with van der Waals surface area (Å²) in [6.07, 6.45) is 13.2. The van der Waals surface area contributed by atoms with Gasteiger partial charge in [-0.05, 0) is 91.0 Å². The third kappa shape index (κ3) is 3.08. The molecule has 1 aromatic heterocycles. The first-order valence-corrected chi connectivity index (χ1v) is 14.3. The summed E-state index contributed by atoms with van der Waals surface area (Å²) in [5.41, 5.74) is 4.01. The van der Waals surface area contributed by atoms with Gasteiger partial charge in [0.2, 0.25) is 10.0 Å². The van der Waals surface area contributed by atoms with E-state index in [2.05, 4.69) is 55.4 Å². The minimum atomic E-state index is -3.22. The second-order valence-corrected chi connectivity index (χ2v) is 13.6. The Morgan fingerprint density at radius 1 is 1.11 bits per heavy atom. The Balaban J connectivity index is 1.33. The normalized spacial score (nSPS) is 31.8. The number of aromatic nitrogens is 2. The van der Waals surface area contributed by atoms with E-state index in [9.17, 15) is 12.8 Å². The summed E-state index contributed by atoms with van der Waals surface area (Å²) in [4.78, 5) is 0. The minimum absolute atomic E-state index is 0.00847. The maximum absolute atomic E-state index is 13.5. The largest absolute Gasteiger partial charge is 0.233 e. The quantitative estimate of drug-likeness (QED) is 0.476. The van der Waals surface area contributed by atoms with Gasteiger partial charge in [0.1, 0.15) is 5.82 Å². The second kappa shape index (κ2) is 7.39. The second-order valence-electron chi connectivity index (χ2n) is 11.4. The summed E-state index contributed by atoms with van der Waals surface area (Å²) in [7, 11) is -3.22. The number of allylic oxidation sites excluding steroid dienone is 4. The fourth-order valence-corrected chi connectivity index (χ4v) is 9.21. The highest BCUT2D eigenvalue weighted by atomic mass is 32.2. The van der Waals surface area contributed by atoms with Crippen molar-refractivity contribution in [1.82, 2.24) is 14.1 Å². The number of piperidine rings is 1. The van der Waals surface area contributed by atoms with E-state index in [-0.39, 0.29) is 21.9 Å². The van der Waals surface area contributed by atoms with Gasteiger partial charge in [-0.15, -0.1) is 0 Å². The highest BCUT2D eigenvalue weighted by molar-refractivity contribution is 7.90. The van der Waals surface area contributed by atoms with Crippen LogP contribution in [0.3, 0.4) is 0 Å². The fourth-order valence-electron chi connectivity index (χ4n) is 7.29. The molecule has 0 N–H and O–H groups in total. The van der Waals surface area contributed by atoms with Gasteiger partial charge in [0.25, 0.3) is 0 Å². The molecule has 1 saturated heterocycles. The van der Waals surface area contributed by atoms with Crippen LogP contribution in [0.1, 0.15) is 37.3 Å². The molecule has 186 valence electrons. The predicted octanol–water partition coefficient (Wildman–Crippen LogP) is 5.29. The highest BCUT2D eigenvalue weighted by Gasteiger charge is 2.75. The smallest absolute Gasteiger partial charge is 0.217 e. The molecule has 2 aromatic carbocycles. The molecule has 1 unspecified atom stereocenters. The van der Waals surface area contributed by atoms with Crippen LogP contribution in [0.5, 0.6) is 0 Å². The van der Waals surface area contributed by atoms with E-state index in [1.54, 1.807) is 16.4 Å². The van der Waals surface area contributed by atoms with E-state index in [4.69, 9.17) is 0 Å². The van der Waals surface area contributed by atoms with Crippen LogP contribution in [0.15, 0.2) is 66.9 Å². The number of benzene rings is 2. The first kappa shape index (κ1) is 22.4. The van der Waals surface area contributed by atoms with Crippen LogP contribution in [-0.2, 0) is 15.4 Å². The monoisotopic (exact) mass is 503 g/mol. The molecule has 2 saturated carbocycles. The van der Waals surface area contributed by atoms with Crippen LogP contribution in [0.2, 0.25) is 0 Å². The molecule has 7 heteroatoms. The number of hydrogen-bond donors (Lipinski definition) is 0. The van der Waals surface area contributed by atoms with Gasteiger partial charge in [0, 0.05) is 23.9 Å².